The molecule has 1 aliphatic heterocycles. The Morgan fingerprint density at radius 3 is 2.92 bits per heavy atom. The van der Waals surface area contributed by atoms with Crippen LogP contribution in [0.1, 0.15) is 13.3 Å². The van der Waals surface area contributed by atoms with Crippen LogP contribution in [0.25, 0.3) is 0 Å². The fourth-order valence-electron chi connectivity index (χ4n) is 1.72. The molecule has 1 fully saturated rings. The maximum absolute atomic E-state index is 3.56. The summed E-state index contributed by atoms with van der Waals surface area (Å²) < 4.78 is 0. The largest absolute Gasteiger partial charge is 0.311 e. The molecule has 0 aromatic rings. The average molecular weight is 185 g/mol. The van der Waals surface area contributed by atoms with Gasteiger partial charge in [0.1, 0.15) is 0 Å². The smallest absolute Gasteiger partial charge is 0.0207 e. The Bertz CT molecular complexity index is 138. The monoisotopic (exact) mass is 185 g/mol. The van der Waals surface area contributed by atoms with E-state index in [0.717, 1.165) is 13.1 Å². The predicted octanol–water partition coefficient (Wildman–Crippen LogP) is 0.232. The van der Waals surface area contributed by atoms with Crippen LogP contribution >= 0.6 is 0 Å². The number of likely N-dealkylation sites (N-methyl/N-ethyl adjacent to an activating group) is 1. The lowest BCUT2D eigenvalue weighted by atomic mass is 10.1. The van der Waals surface area contributed by atoms with Crippen LogP contribution in [0.5, 0.6) is 0 Å². The van der Waals surface area contributed by atoms with Gasteiger partial charge in [-0.2, -0.15) is 0 Å². The van der Waals surface area contributed by atoms with Crippen molar-refractivity contribution in [2.24, 2.45) is 0 Å². The SMILES string of the molecule is CCN(C)CCC1CN(C)CCN1. The fraction of sp³-hybridized carbons (Fsp3) is 1.00. The first-order chi connectivity index (χ1) is 6.22. The first kappa shape index (κ1) is 11.0. The summed E-state index contributed by atoms with van der Waals surface area (Å²) in [5.41, 5.74) is 0. The molecule has 13 heavy (non-hydrogen) atoms. The highest BCUT2D eigenvalue weighted by Gasteiger charge is 2.15. The van der Waals surface area contributed by atoms with Gasteiger partial charge >= 0.3 is 0 Å². The van der Waals surface area contributed by atoms with Gasteiger partial charge in [0.25, 0.3) is 0 Å². The maximum atomic E-state index is 3.56. The number of hydrogen-bond acceptors (Lipinski definition) is 3. The molecular formula is C10H23N3. The second-order valence-corrected chi connectivity index (χ2v) is 4.10. The third-order valence-corrected chi connectivity index (χ3v) is 2.86. The standard InChI is InChI=1S/C10H23N3/c1-4-12(2)7-5-10-9-13(3)8-6-11-10/h10-11H,4-9H2,1-3H3. The van der Waals surface area contributed by atoms with Crippen LogP contribution in [0.2, 0.25) is 0 Å². The topological polar surface area (TPSA) is 18.5 Å². The number of hydrogen-bond donors (Lipinski definition) is 1. The zero-order valence-electron chi connectivity index (χ0n) is 9.21. The Kier molecular flexibility index (Phi) is 4.70. The quantitative estimate of drug-likeness (QED) is 0.676. The highest BCUT2D eigenvalue weighted by atomic mass is 15.2. The molecule has 1 aliphatic rings. The van der Waals surface area contributed by atoms with Crippen molar-refractivity contribution < 1.29 is 0 Å². The summed E-state index contributed by atoms with van der Waals surface area (Å²) in [5, 5.41) is 3.56. The maximum Gasteiger partial charge on any atom is 0.0207 e. The minimum absolute atomic E-state index is 0.702. The molecule has 0 bridgehead atoms. The minimum atomic E-state index is 0.702. The van der Waals surface area contributed by atoms with Crippen molar-refractivity contribution in [3.05, 3.63) is 0 Å². The molecule has 78 valence electrons. The van der Waals surface area contributed by atoms with Crippen LogP contribution in [0.15, 0.2) is 0 Å². The van der Waals surface area contributed by atoms with E-state index in [4.69, 9.17) is 0 Å². The summed E-state index contributed by atoms with van der Waals surface area (Å²) in [7, 11) is 4.39. The predicted molar refractivity (Wildman–Crippen MR) is 57.1 cm³/mol. The lowest BCUT2D eigenvalue weighted by Gasteiger charge is -2.31. The fourth-order valence-corrected chi connectivity index (χ4v) is 1.72. The van der Waals surface area contributed by atoms with Crippen LogP contribution in [-0.2, 0) is 0 Å². The second kappa shape index (κ2) is 5.58. The molecule has 1 atom stereocenters. The van der Waals surface area contributed by atoms with E-state index in [1.54, 1.807) is 0 Å². The highest BCUT2D eigenvalue weighted by molar-refractivity contribution is 4.77. The normalized spacial score (nSPS) is 25.4. The third-order valence-electron chi connectivity index (χ3n) is 2.86. The van der Waals surface area contributed by atoms with Crippen molar-refractivity contribution in [1.29, 1.82) is 0 Å². The van der Waals surface area contributed by atoms with Gasteiger partial charge < -0.3 is 15.1 Å². The van der Waals surface area contributed by atoms with Crippen LogP contribution < -0.4 is 5.32 Å². The van der Waals surface area contributed by atoms with Crippen molar-refractivity contribution in [3.63, 3.8) is 0 Å². The molecule has 0 aromatic heterocycles. The van der Waals surface area contributed by atoms with Crippen molar-refractivity contribution in [1.82, 2.24) is 15.1 Å². The van der Waals surface area contributed by atoms with Gasteiger partial charge in [-0.05, 0) is 33.6 Å². The van der Waals surface area contributed by atoms with E-state index in [0.29, 0.717) is 6.04 Å². The molecule has 3 heteroatoms. The van der Waals surface area contributed by atoms with E-state index >= 15 is 0 Å². The van der Waals surface area contributed by atoms with Crippen LogP contribution in [-0.4, -0.2) is 62.7 Å². The second-order valence-electron chi connectivity index (χ2n) is 4.10. The summed E-state index contributed by atoms with van der Waals surface area (Å²) in [5.74, 6) is 0. The molecule has 0 spiro atoms. The molecule has 0 aromatic carbocycles. The number of piperazine rings is 1. The van der Waals surface area contributed by atoms with E-state index in [2.05, 4.69) is 36.1 Å². The Morgan fingerprint density at radius 2 is 2.31 bits per heavy atom. The van der Waals surface area contributed by atoms with Crippen LogP contribution in [0, 0.1) is 0 Å². The molecule has 0 amide bonds. The van der Waals surface area contributed by atoms with Gasteiger partial charge in [0.15, 0.2) is 0 Å². The summed E-state index contributed by atoms with van der Waals surface area (Å²) in [6.45, 7) is 8.12. The molecule has 1 N–H and O–H groups in total. The summed E-state index contributed by atoms with van der Waals surface area (Å²) in [4.78, 5) is 4.78. The molecule has 3 nitrogen and oxygen atoms in total. The lowest BCUT2D eigenvalue weighted by Crippen LogP contribution is -2.49. The molecular weight excluding hydrogens is 162 g/mol. The number of rotatable bonds is 4. The third kappa shape index (κ3) is 4.07. The Hall–Kier alpha value is -0.120. The molecule has 1 unspecified atom stereocenters. The summed E-state index contributed by atoms with van der Waals surface area (Å²) >= 11 is 0. The first-order valence-electron chi connectivity index (χ1n) is 5.33. The van der Waals surface area contributed by atoms with E-state index in [1.165, 1.54) is 26.1 Å². The summed E-state index contributed by atoms with van der Waals surface area (Å²) in [6.07, 6.45) is 1.27. The van der Waals surface area contributed by atoms with Crippen molar-refractivity contribution in [2.75, 3.05) is 46.8 Å². The van der Waals surface area contributed by atoms with Crippen molar-refractivity contribution in [2.45, 2.75) is 19.4 Å². The van der Waals surface area contributed by atoms with Crippen molar-refractivity contribution in [3.8, 4) is 0 Å². The van der Waals surface area contributed by atoms with Gasteiger partial charge in [-0.3, -0.25) is 0 Å². The van der Waals surface area contributed by atoms with Gasteiger partial charge in [0.2, 0.25) is 0 Å². The number of nitrogens with one attached hydrogen (secondary N) is 1. The first-order valence-corrected chi connectivity index (χ1v) is 5.33. The van der Waals surface area contributed by atoms with E-state index in [1.807, 2.05) is 0 Å². The highest BCUT2D eigenvalue weighted by Crippen LogP contribution is 2.01. The van der Waals surface area contributed by atoms with Crippen molar-refractivity contribution >= 4 is 0 Å². The Morgan fingerprint density at radius 1 is 1.54 bits per heavy atom. The zero-order chi connectivity index (χ0) is 9.68. The zero-order valence-corrected chi connectivity index (χ0v) is 9.21. The Labute approximate surface area is 82.1 Å². The van der Waals surface area contributed by atoms with Gasteiger partial charge in [-0.15, -0.1) is 0 Å². The molecule has 0 aliphatic carbocycles. The lowest BCUT2D eigenvalue weighted by molar-refractivity contribution is 0.216. The molecule has 1 heterocycles. The molecule has 0 saturated carbocycles. The van der Waals surface area contributed by atoms with Crippen LogP contribution in [0.3, 0.4) is 0 Å². The van der Waals surface area contributed by atoms with Crippen LogP contribution in [0.4, 0.5) is 0 Å². The molecule has 0 radical (unpaired) electrons. The number of nitrogens with zero attached hydrogens (tertiary/aromatic N) is 2. The Balaban J connectivity index is 2.13. The molecule has 1 saturated heterocycles. The van der Waals surface area contributed by atoms with Gasteiger partial charge in [0, 0.05) is 25.7 Å². The van der Waals surface area contributed by atoms with E-state index < -0.39 is 0 Å². The molecule has 1 rings (SSSR count). The van der Waals surface area contributed by atoms with Gasteiger partial charge in [0.05, 0.1) is 0 Å². The average Bonchev–Trinajstić information content (AvgIpc) is 2.14. The van der Waals surface area contributed by atoms with Gasteiger partial charge in [-0.25, -0.2) is 0 Å². The minimum Gasteiger partial charge on any atom is -0.311 e. The van der Waals surface area contributed by atoms with E-state index in [-0.39, 0.29) is 0 Å². The van der Waals surface area contributed by atoms with E-state index in [9.17, 15) is 0 Å². The van der Waals surface area contributed by atoms with Gasteiger partial charge in [-0.1, -0.05) is 6.92 Å². The summed E-state index contributed by atoms with van der Waals surface area (Å²) in [6, 6.07) is 0.702.